The minimum absolute atomic E-state index is 0.191. The summed E-state index contributed by atoms with van der Waals surface area (Å²) in [4.78, 5) is 23.1. The monoisotopic (exact) mass is 432 g/mol. The molecule has 2 rings (SSSR count). The number of carbonyl (C=O) groups is 2. The first-order valence-electron chi connectivity index (χ1n) is 7.62. The highest BCUT2D eigenvalue weighted by Gasteiger charge is 2.19. The summed E-state index contributed by atoms with van der Waals surface area (Å²) in [5.41, 5.74) is 0. The number of rotatable bonds is 7. The first-order chi connectivity index (χ1) is 12.8. The number of esters is 2. The Morgan fingerprint density at radius 1 is 0.963 bits per heavy atom. The van der Waals surface area contributed by atoms with E-state index in [4.69, 9.17) is 49.0 Å². The highest BCUT2D eigenvalue weighted by Crippen LogP contribution is 2.37. The number of ether oxygens (including phenoxy) is 4. The van der Waals surface area contributed by atoms with E-state index in [1.807, 2.05) is 0 Å². The highest BCUT2D eigenvalue weighted by molar-refractivity contribution is 6.35. The predicted octanol–water partition coefficient (Wildman–Crippen LogP) is 4.92. The zero-order chi connectivity index (χ0) is 20.0. The third-order valence-electron chi connectivity index (χ3n) is 3.21. The van der Waals surface area contributed by atoms with Gasteiger partial charge in [0, 0.05) is 16.1 Å². The van der Waals surface area contributed by atoms with Gasteiger partial charge in [0.1, 0.15) is 5.75 Å². The fourth-order valence-electron chi connectivity index (χ4n) is 1.94. The van der Waals surface area contributed by atoms with Crippen LogP contribution in [0, 0.1) is 0 Å². The third kappa shape index (κ3) is 6.20. The molecule has 0 aromatic heterocycles. The summed E-state index contributed by atoms with van der Waals surface area (Å²) in [6, 6.07) is 9.36. The lowest BCUT2D eigenvalue weighted by atomic mass is 10.3. The Balaban J connectivity index is 2.09. The predicted molar refractivity (Wildman–Crippen MR) is 101 cm³/mol. The molecule has 0 N–H and O–H groups in total. The molecule has 0 fully saturated rings. The quantitative estimate of drug-likeness (QED) is 0.577. The Kier molecular flexibility index (Phi) is 7.59. The molecule has 1 unspecified atom stereocenters. The zero-order valence-electron chi connectivity index (χ0n) is 14.3. The van der Waals surface area contributed by atoms with Crippen molar-refractivity contribution in [3.63, 3.8) is 0 Å². The second-order valence-corrected chi connectivity index (χ2v) is 6.49. The molecule has 144 valence electrons. The molecule has 9 heteroatoms. The molecule has 0 saturated carbocycles. The molecule has 0 aliphatic rings. The van der Waals surface area contributed by atoms with Crippen molar-refractivity contribution in [1.29, 1.82) is 0 Å². The Labute approximate surface area is 170 Å². The topological polar surface area (TPSA) is 71.1 Å². The van der Waals surface area contributed by atoms with Crippen LogP contribution in [0.4, 0.5) is 0 Å². The first kappa shape index (κ1) is 21.2. The van der Waals surface area contributed by atoms with Gasteiger partial charge < -0.3 is 18.9 Å². The minimum Gasteiger partial charge on any atom is -0.478 e. The van der Waals surface area contributed by atoms with Crippen molar-refractivity contribution >= 4 is 46.7 Å². The molecule has 0 aliphatic carbocycles. The van der Waals surface area contributed by atoms with E-state index in [9.17, 15) is 9.59 Å². The number of methoxy groups -OCH3 is 1. The Bertz CT molecular complexity index is 840. The maximum absolute atomic E-state index is 11.8. The Morgan fingerprint density at radius 3 is 2.22 bits per heavy atom. The maximum atomic E-state index is 11.8. The van der Waals surface area contributed by atoms with Gasteiger partial charge in [-0.3, -0.25) is 0 Å². The number of hydrogen-bond acceptors (Lipinski definition) is 6. The number of carbonyl (C=O) groups excluding carboxylic acids is 2. The molecule has 6 nitrogen and oxygen atoms in total. The summed E-state index contributed by atoms with van der Waals surface area (Å²) < 4.78 is 20.5. The smallest absolute Gasteiger partial charge is 0.346 e. The van der Waals surface area contributed by atoms with E-state index >= 15 is 0 Å². The van der Waals surface area contributed by atoms with Crippen LogP contribution in [-0.2, 0) is 19.1 Å². The van der Waals surface area contributed by atoms with Crippen molar-refractivity contribution in [3.05, 3.63) is 51.5 Å². The lowest BCUT2D eigenvalue weighted by Crippen LogP contribution is -2.28. The molecule has 0 heterocycles. The first-order valence-corrected chi connectivity index (χ1v) is 8.76. The minimum atomic E-state index is -1.05. The van der Waals surface area contributed by atoms with Gasteiger partial charge in [-0.1, -0.05) is 34.8 Å². The van der Waals surface area contributed by atoms with Crippen LogP contribution in [0.5, 0.6) is 17.2 Å². The lowest BCUT2D eigenvalue weighted by Gasteiger charge is -2.15. The average molecular weight is 434 g/mol. The van der Waals surface area contributed by atoms with Gasteiger partial charge in [0.2, 0.25) is 0 Å². The second kappa shape index (κ2) is 9.69. The largest absolute Gasteiger partial charge is 0.478 e. The number of halogens is 3. The van der Waals surface area contributed by atoms with Crippen LogP contribution in [0.15, 0.2) is 36.4 Å². The molecule has 0 spiro atoms. The molecule has 27 heavy (non-hydrogen) atoms. The van der Waals surface area contributed by atoms with Gasteiger partial charge in [0.05, 0.1) is 12.1 Å². The van der Waals surface area contributed by atoms with Gasteiger partial charge >= 0.3 is 11.9 Å². The standard InChI is InChI=1S/C18H15Cl3O6/c1-10(18(23)24-2)26-17(22)9-25-16-8-12(20)4-6-15(16)27-14-5-3-11(19)7-13(14)21/h3-8,10H,9H2,1-2H3. The molecule has 0 aliphatic heterocycles. The SMILES string of the molecule is COC(=O)C(C)OC(=O)COc1cc(Cl)ccc1Oc1ccc(Cl)cc1Cl. The average Bonchev–Trinajstić information content (AvgIpc) is 2.63. The van der Waals surface area contributed by atoms with Crippen molar-refractivity contribution in [2.24, 2.45) is 0 Å². The van der Waals surface area contributed by atoms with Crippen LogP contribution >= 0.6 is 34.8 Å². The molecule has 0 bridgehead atoms. The van der Waals surface area contributed by atoms with E-state index in [1.54, 1.807) is 24.3 Å². The van der Waals surface area contributed by atoms with Gasteiger partial charge in [-0.2, -0.15) is 0 Å². The third-order valence-corrected chi connectivity index (χ3v) is 3.97. The summed E-state index contributed by atoms with van der Waals surface area (Å²) >= 11 is 17.9. The van der Waals surface area contributed by atoms with Crippen LogP contribution in [0.25, 0.3) is 0 Å². The fraction of sp³-hybridized carbons (Fsp3) is 0.222. The Hall–Kier alpha value is -2.15. The van der Waals surface area contributed by atoms with Crippen molar-refractivity contribution in [2.75, 3.05) is 13.7 Å². The summed E-state index contributed by atoms with van der Waals surface area (Å²) in [7, 11) is 1.20. The fourth-order valence-corrected chi connectivity index (χ4v) is 2.55. The highest BCUT2D eigenvalue weighted by atomic mass is 35.5. The molecular formula is C18H15Cl3O6. The molecule has 2 aromatic rings. The van der Waals surface area contributed by atoms with Gasteiger partial charge in [-0.15, -0.1) is 0 Å². The summed E-state index contributed by atoms with van der Waals surface area (Å²) in [6.07, 6.45) is -1.05. The van der Waals surface area contributed by atoms with E-state index in [2.05, 4.69) is 4.74 Å². The maximum Gasteiger partial charge on any atom is 0.346 e. The van der Waals surface area contributed by atoms with E-state index in [0.29, 0.717) is 20.8 Å². The zero-order valence-corrected chi connectivity index (χ0v) is 16.6. The number of benzene rings is 2. The molecule has 0 saturated heterocycles. The summed E-state index contributed by atoms with van der Waals surface area (Å²) in [6.45, 7) is 0.923. The summed E-state index contributed by atoms with van der Waals surface area (Å²) in [5.74, 6) is -0.625. The van der Waals surface area contributed by atoms with E-state index in [1.165, 1.54) is 26.2 Å². The normalized spacial score (nSPS) is 11.4. The Morgan fingerprint density at radius 2 is 1.59 bits per heavy atom. The van der Waals surface area contributed by atoms with Crippen LogP contribution in [0.1, 0.15) is 6.92 Å². The molecule has 0 radical (unpaired) electrons. The van der Waals surface area contributed by atoms with Crippen LogP contribution < -0.4 is 9.47 Å². The molecule has 1 atom stereocenters. The van der Waals surface area contributed by atoms with Gasteiger partial charge in [-0.05, 0) is 37.3 Å². The van der Waals surface area contributed by atoms with Crippen molar-refractivity contribution in [1.82, 2.24) is 0 Å². The lowest BCUT2D eigenvalue weighted by molar-refractivity contribution is -0.165. The number of hydrogen-bond donors (Lipinski definition) is 0. The van der Waals surface area contributed by atoms with E-state index < -0.39 is 24.6 Å². The van der Waals surface area contributed by atoms with Crippen molar-refractivity contribution in [3.8, 4) is 17.2 Å². The van der Waals surface area contributed by atoms with Crippen LogP contribution in [0.2, 0.25) is 15.1 Å². The molecular weight excluding hydrogens is 419 g/mol. The van der Waals surface area contributed by atoms with Gasteiger partial charge in [-0.25, -0.2) is 9.59 Å². The van der Waals surface area contributed by atoms with Gasteiger partial charge in [0.25, 0.3) is 0 Å². The van der Waals surface area contributed by atoms with Crippen molar-refractivity contribution < 1.29 is 28.5 Å². The molecule has 2 aromatic carbocycles. The second-order valence-electron chi connectivity index (χ2n) is 5.21. The van der Waals surface area contributed by atoms with E-state index in [0.717, 1.165) is 0 Å². The van der Waals surface area contributed by atoms with Crippen molar-refractivity contribution in [2.45, 2.75) is 13.0 Å². The molecule has 0 amide bonds. The summed E-state index contributed by atoms with van der Waals surface area (Å²) in [5, 5.41) is 1.13. The van der Waals surface area contributed by atoms with Gasteiger partial charge in [0.15, 0.2) is 24.2 Å². The van der Waals surface area contributed by atoms with Crippen LogP contribution in [-0.4, -0.2) is 31.8 Å². The van der Waals surface area contributed by atoms with E-state index in [-0.39, 0.29) is 11.5 Å². The van der Waals surface area contributed by atoms with Crippen LogP contribution in [0.3, 0.4) is 0 Å².